The zero-order valence-corrected chi connectivity index (χ0v) is 10.9. The van der Waals surface area contributed by atoms with E-state index in [9.17, 15) is 4.79 Å². The summed E-state index contributed by atoms with van der Waals surface area (Å²) in [6.07, 6.45) is 0. The molecule has 18 heavy (non-hydrogen) atoms. The lowest BCUT2D eigenvalue weighted by atomic mass is 9.97. The van der Waals surface area contributed by atoms with Gasteiger partial charge in [0.25, 0.3) is 5.91 Å². The molecule has 0 spiro atoms. The summed E-state index contributed by atoms with van der Waals surface area (Å²) in [6.45, 7) is 6.79. The molecule has 1 heterocycles. The standard InChI is InChI=1S/C13H18N4O/c1-13(2,3)7-15-12(18)11-9-6-8(14)4-5-10(9)16-17-11/h4-6H,7,14H2,1-3H3,(H,15,18)(H,16,17). The van der Waals surface area contributed by atoms with Crippen molar-refractivity contribution in [3.8, 4) is 0 Å². The number of nitrogens with one attached hydrogen (secondary N) is 2. The average molecular weight is 246 g/mol. The number of hydrogen-bond acceptors (Lipinski definition) is 3. The SMILES string of the molecule is CC(C)(C)CNC(=O)c1n[nH]c2ccc(N)cc12. The first-order chi connectivity index (χ1) is 8.37. The van der Waals surface area contributed by atoms with E-state index in [4.69, 9.17) is 5.73 Å². The Morgan fingerprint density at radius 3 is 2.83 bits per heavy atom. The molecule has 0 aliphatic rings. The van der Waals surface area contributed by atoms with Crippen LogP contribution in [0.3, 0.4) is 0 Å². The molecular weight excluding hydrogens is 228 g/mol. The Hall–Kier alpha value is -2.04. The van der Waals surface area contributed by atoms with E-state index >= 15 is 0 Å². The van der Waals surface area contributed by atoms with Gasteiger partial charge in [-0.1, -0.05) is 20.8 Å². The molecule has 5 heteroatoms. The van der Waals surface area contributed by atoms with Crippen LogP contribution < -0.4 is 11.1 Å². The monoisotopic (exact) mass is 246 g/mol. The number of aromatic amines is 1. The van der Waals surface area contributed by atoms with Gasteiger partial charge in [-0.2, -0.15) is 5.10 Å². The second kappa shape index (κ2) is 4.33. The molecule has 5 nitrogen and oxygen atoms in total. The largest absolute Gasteiger partial charge is 0.399 e. The first-order valence-electron chi connectivity index (χ1n) is 5.89. The smallest absolute Gasteiger partial charge is 0.272 e. The van der Waals surface area contributed by atoms with Crippen LogP contribution in [0.2, 0.25) is 0 Å². The lowest BCUT2D eigenvalue weighted by molar-refractivity contribution is 0.0936. The summed E-state index contributed by atoms with van der Waals surface area (Å²) in [5.74, 6) is -0.179. The molecular formula is C13H18N4O. The number of rotatable bonds is 2. The van der Waals surface area contributed by atoms with E-state index in [-0.39, 0.29) is 11.3 Å². The van der Waals surface area contributed by atoms with Crippen LogP contribution in [-0.2, 0) is 0 Å². The molecule has 0 unspecified atom stereocenters. The number of nitrogens with two attached hydrogens (primary N) is 1. The van der Waals surface area contributed by atoms with Crippen molar-refractivity contribution in [2.75, 3.05) is 12.3 Å². The van der Waals surface area contributed by atoms with Crippen LogP contribution in [0.5, 0.6) is 0 Å². The maximum Gasteiger partial charge on any atom is 0.272 e. The van der Waals surface area contributed by atoms with E-state index < -0.39 is 0 Å². The minimum atomic E-state index is -0.179. The third-order valence-corrected chi connectivity index (χ3v) is 2.58. The molecule has 1 aromatic heterocycles. The van der Waals surface area contributed by atoms with Crippen LogP contribution in [-0.4, -0.2) is 22.6 Å². The average Bonchev–Trinajstić information content (AvgIpc) is 2.67. The number of anilines is 1. The molecule has 2 rings (SSSR count). The minimum absolute atomic E-state index is 0.0425. The fraction of sp³-hybridized carbons (Fsp3) is 0.385. The normalized spacial score (nSPS) is 11.7. The quantitative estimate of drug-likeness (QED) is 0.708. The van der Waals surface area contributed by atoms with E-state index in [0.29, 0.717) is 17.9 Å². The summed E-state index contributed by atoms with van der Waals surface area (Å²) in [7, 11) is 0. The van der Waals surface area contributed by atoms with Crippen LogP contribution in [0.1, 0.15) is 31.3 Å². The number of H-pyrrole nitrogens is 1. The molecule has 0 saturated heterocycles. The Morgan fingerprint density at radius 2 is 2.17 bits per heavy atom. The van der Waals surface area contributed by atoms with Gasteiger partial charge >= 0.3 is 0 Å². The predicted molar refractivity (Wildman–Crippen MR) is 72.3 cm³/mol. The first kappa shape index (κ1) is 12.4. The van der Waals surface area contributed by atoms with Crippen molar-refractivity contribution in [2.24, 2.45) is 5.41 Å². The molecule has 0 atom stereocenters. The maximum absolute atomic E-state index is 12.0. The number of carbonyl (C=O) groups is 1. The number of hydrogen-bond donors (Lipinski definition) is 3. The van der Waals surface area contributed by atoms with Crippen LogP contribution in [0, 0.1) is 5.41 Å². The fourth-order valence-corrected chi connectivity index (χ4v) is 1.63. The summed E-state index contributed by atoms with van der Waals surface area (Å²) in [5, 5.41) is 10.5. The molecule has 0 aliphatic carbocycles. The number of benzene rings is 1. The van der Waals surface area contributed by atoms with Crippen molar-refractivity contribution in [3.63, 3.8) is 0 Å². The van der Waals surface area contributed by atoms with E-state index in [2.05, 4.69) is 36.3 Å². The number of carbonyl (C=O) groups excluding carboxylic acids is 1. The number of fused-ring (bicyclic) bond motifs is 1. The van der Waals surface area contributed by atoms with Gasteiger partial charge in [-0.3, -0.25) is 9.89 Å². The Kier molecular flexibility index (Phi) is 2.98. The zero-order valence-electron chi connectivity index (χ0n) is 10.9. The van der Waals surface area contributed by atoms with Gasteiger partial charge in [-0.05, 0) is 23.6 Å². The van der Waals surface area contributed by atoms with Gasteiger partial charge in [-0.15, -0.1) is 0 Å². The lowest BCUT2D eigenvalue weighted by Crippen LogP contribution is -2.32. The van der Waals surface area contributed by atoms with Crippen molar-refractivity contribution >= 4 is 22.5 Å². The molecule has 0 aliphatic heterocycles. The number of nitrogens with zero attached hydrogens (tertiary/aromatic N) is 1. The highest BCUT2D eigenvalue weighted by Gasteiger charge is 2.17. The summed E-state index contributed by atoms with van der Waals surface area (Å²) in [4.78, 5) is 12.0. The summed E-state index contributed by atoms with van der Waals surface area (Å²) in [6, 6.07) is 5.35. The van der Waals surface area contributed by atoms with E-state index in [1.807, 2.05) is 6.07 Å². The first-order valence-corrected chi connectivity index (χ1v) is 5.89. The highest BCUT2D eigenvalue weighted by Crippen LogP contribution is 2.19. The molecule has 0 radical (unpaired) electrons. The van der Waals surface area contributed by atoms with Gasteiger partial charge in [0.05, 0.1) is 5.52 Å². The Bertz CT molecular complexity index is 580. The lowest BCUT2D eigenvalue weighted by Gasteiger charge is -2.18. The minimum Gasteiger partial charge on any atom is -0.399 e. The molecule has 1 aromatic carbocycles. The van der Waals surface area contributed by atoms with Gasteiger partial charge in [0.2, 0.25) is 0 Å². The molecule has 0 saturated carbocycles. The van der Waals surface area contributed by atoms with Gasteiger partial charge in [0.15, 0.2) is 5.69 Å². The van der Waals surface area contributed by atoms with Gasteiger partial charge < -0.3 is 11.1 Å². The van der Waals surface area contributed by atoms with Gasteiger partial charge in [-0.25, -0.2) is 0 Å². The highest BCUT2D eigenvalue weighted by atomic mass is 16.1. The predicted octanol–water partition coefficient (Wildman–Crippen LogP) is 1.92. The van der Waals surface area contributed by atoms with Gasteiger partial charge in [0, 0.05) is 17.6 Å². The Labute approximate surface area is 106 Å². The van der Waals surface area contributed by atoms with Crippen LogP contribution in [0.25, 0.3) is 10.9 Å². The second-order valence-corrected chi connectivity index (χ2v) is 5.62. The summed E-state index contributed by atoms with van der Waals surface area (Å²) < 4.78 is 0. The van der Waals surface area contributed by atoms with Crippen molar-refractivity contribution in [3.05, 3.63) is 23.9 Å². The van der Waals surface area contributed by atoms with Crippen molar-refractivity contribution in [1.29, 1.82) is 0 Å². The topological polar surface area (TPSA) is 83.8 Å². The van der Waals surface area contributed by atoms with Crippen molar-refractivity contribution in [2.45, 2.75) is 20.8 Å². The third-order valence-electron chi connectivity index (χ3n) is 2.58. The van der Waals surface area contributed by atoms with Crippen LogP contribution >= 0.6 is 0 Å². The second-order valence-electron chi connectivity index (χ2n) is 5.62. The summed E-state index contributed by atoms with van der Waals surface area (Å²) in [5.41, 5.74) is 7.58. The zero-order chi connectivity index (χ0) is 13.3. The Morgan fingerprint density at radius 1 is 1.44 bits per heavy atom. The van der Waals surface area contributed by atoms with Gasteiger partial charge in [0.1, 0.15) is 0 Å². The number of nitrogen functional groups attached to an aromatic ring is 1. The van der Waals surface area contributed by atoms with Crippen molar-refractivity contribution in [1.82, 2.24) is 15.5 Å². The molecule has 2 aromatic rings. The van der Waals surface area contributed by atoms with E-state index in [1.165, 1.54) is 0 Å². The highest BCUT2D eigenvalue weighted by molar-refractivity contribution is 6.05. The Balaban J connectivity index is 2.25. The third kappa shape index (κ3) is 2.61. The molecule has 1 amide bonds. The molecule has 0 bridgehead atoms. The van der Waals surface area contributed by atoms with Crippen molar-refractivity contribution < 1.29 is 4.79 Å². The molecule has 4 N–H and O–H groups in total. The summed E-state index contributed by atoms with van der Waals surface area (Å²) >= 11 is 0. The van der Waals surface area contributed by atoms with Crippen LogP contribution in [0.15, 0.2) is 18.2 Å². The molecule has 96 valence electrons. The van der Waals surface area contributed by atoms with E-state index in [1.54, 1.807) is 12.1 Å². The maximum atomic E-state index is 12.0. The number of aromatic nitrogens is 2. The van der Waals surface area contributed by atoms with E-state index in [0.717, 1.165) is 10.9 Å². The number of amides is 1. The van der Waals surface area contributed by atoms with Crippen LogP contribution in [0.4, 0.5) is 5.69 Å². The molecule has 0 fully saturated rings. The fourth-order valence-electron chi connectivity index (χ4n) is 1.63.